The van der Waals surface area contributed by atoms with E-state index in [1.54, 1.807) is 7.11 Å². The molecule has 0 heterocycles. The Morgan fingerprint density at radius 3 is 2.43 bits per heavy atom. The summed E-state index contributed by atoms with van der Waals surface area (Å²) in [6.07, 6.45) is 1.38. The normalized spacial score (nSPS) is 11.3. The summed E-state index contributed by atoms with van der Waals surface area (Å²) in [6.45, 7) is 4.99. The van der Waals surface area contributed by atoms with Gasteiger partial charge in [-0.1, -0.05) is 12.1 Å². The van der Waals surface area contributed by atoms with Crippen LogP contribution in [0.4, 0.5) is 4.39 Å². The second-order valence-electron chi connectivity index (χ2n) is 4.96. The van der Waals surface area contributed by atoms with Gasteiger partial charge in [-0.15, -0.1) is 0 Å². The third-order valence-corrected chi connectivity index (χ3v) is 3.14. The lowest BCUT2D eigenvalue weighted by Gasteiger charge is -2.12. The summed E-state index contributed by atoms with van der Waals surface area (Å²) < 4.78 is 22.7. The zero-order chi connectivity index (χ0) is 16.8. The first-order valence-electron chi connectivity index (χ1n) is 8.09. The number of nitrogens with zero attached hydrogens (tertiary/aromatic N) is 1. The number of benzene rings is 1. The number of aliphatic imine (C=N–C) groups is 1. The average molecular weight is 325 g/mol. The number of hydrogen-bond acceptors (Lipinski definition) is 3. The Labute approximate surface area is 138 Å². The van der Waals surface area contributed by atoms with E-state index < -0.39 is 0 Å². The van der Waals surface area contributed by atoms with Crippen molar-refractivity contribution in [3.05, 3.63) is 29.8 Å². The number of methoxy groups -OCH3 is 1. The minimum absolute atomic E-state index is 0.330. The molecular formula is C17H28FN3O2. The number of rotatable bonds is 11. The fourth-order valence-electron chi connectivity index (χ4n) is 1.87. The predicted octanol–water partition coefficient (Wildman–Crippen LogP) is 2.52. The van der Waals surface area contributed by atoms with Gasteiger partial charge in [0.25, 0.3) is 0 Å². The van der Waals surface area contributed by atoms with Crippen molar-refractivity contribution in [3.63, 3.8) is 0 Å². The van der Waals surface area contributed by atoms with Gasteiger partial charge in [-0.2, -0.15) is 0 Å². The van der Waals surface area contributed by atoms with Gasteiger partial charge in [-0.05, 0) is 37.5 Å². The summed E-state index contributed by atoms with van der Waals surface area (Å²) in [6, 6.07) is 7.79. The lowest BCUT2D eigenvalue weighted by atomic mass is 10.2. The third kappa shape index (κ3) is 9.03. The second kappa shape index (κ2) is 12.7. The highest BCUT2D eigenvalue weighted by atomic mass is 19.1. The number of hydrogen-bond donors (Lipinski definition) is 2. The van der Waals surface area contributed by atoms with Crippen molar-refractivity contribution in [2.24, 2.45) is 4.99 Å². The van der Waals surface area contributed by atoms with E-state index in [9.17, 15) is 4.39 Å². The highest BCUT2D eigenvalue weighted by Crippen LogP contribution is 2.11. The first-order chi connectivity index (χ1) is 11.3. The van der Waals surface area contributed by atoms with Crippen molar-refractivity contribution in [2.45, 2.75) is 26.3 Å². The SMILES string of the molecule is CCOCCCNC(=NCc1ccc(OC)cc1)NCCCF. The molecule has 6 heteroatoms. The second-order valence-corrected chi connectivity index (χ2v) is 4.96. The van der Waals surface area contributed by atoms with Crippen LogP contribution in [0, 0.1) is 0 Å². The molecule has 1 rings (SSSR count). The molecule has 0 aliphatic rings. The van der Waals surface area contributed by atoms with E-state index >= 15 is 0 Å². The Kier molecular flexibility index (Phi) is 10.6. The molecule has 1 aromatic carbocycles. The van der Waals surface area contributed by atoms with Crippen LogP contribution in [0.5, 0.6) is 5.75 Å². The van der Waals surface area contributed by atoms with E-state index in [-0.39, 0.29) is 6.67 Å². The van der Waals surface area contributed by atoms with Crippen LogP contribution >= 0.6 is 0 Å². The van der Waals surface area contributed by atoms with Crippen LogP contribution in [-0.4, -0.2) is 46.0 Å². The summed E-state index contributed by atoms with van der Waals surface area (Å²) in [5.41, 5.74) is 1.09. The molecule has 0 aliphatic carbocycles. The maximum atomic E-state index is 12.2. The summed E-state index contributed by atoms with van der Waals surface area (Å²) in [5, 5.41) is 6.38. The van der Waals surface area contributed by atoms with Crippen LogP contribution in [0.2, 0.25) is 0 Å². The number of guanidine groups is 1. The molecule has 23 heavy (non-hydrogen) atoms. The van der Waals surface area contributed by atoms with Gasteiger partial charge in [-0.25, -0.2) is 4.99 Å². The van der Waals surface area contributed by atoms with Gasteiger partial charge in [0.05, 0.1) is 20.3 Å². The minimum atomic E-state index is -0.330. The van der Waals surface area contributed by atoms with Gasteiger partial charge >= 0.3 is 0 Å². The van der Waals surface area contributed by atoms with E-state index in [1.807, 2.05) is 31.2 Å². The first-order valence-corrected chi connectivity index (χ1v) is 8.09. The summed E-state index contributed by atoms with van der Waals surface area (Å²) in [5.74, 6) is 1.53. The van der Waals surface area contributed by atoms with E-state index in [2.05, 4.69) is 15.6 Å². The van der Waals surface area contributed by atoms with Gasteiger partial charge in [0.15, 0.2) is 5.96 Å². The average Bonchev–Trinajstić information content (AvgIpc) is 2.59. The molecule has 0 aliphatic heterocycles. The van der Waals surface area contributed by atoms with Crippen LogP contribution in [0.1, 0.15) is 25.3 Å². The molecular weight excluding hydrogens is 297 g/mol. The van der Waals surface area contributed by atoms with Crippen LogP contribution in [0.25, 0.3) is 0 Å². The van der Waals surface area contributed by atoms with Crippen molar-refractivity contribution in [1.82, 2.24) is 10.6 Å². The molecule has 130 valence electrons. The molecule has 0 radical (unpaired) electrons. The Balaban J connectivity index is 2.47. The topological polar surface area (TPSA) is 54.9 Å². The van der Waals surface area contributed by atoms with Gasteiger partial charge < -0.3 is 20.1 Å². The minimum Gasteiger partial charge on any atom is -0.497 e. The van der Waals surface area contributed by atoms with Crippen molar-refractivity contribution in [1.29, 1.82) is 0 Å². The molecule has 0 bridgehead atoms. The van der Waals surface area contributed by atoms with Crippen LogP contribution in [0.15, 0.2) is 29.3 Å². The molecule has 0 spiro atoms. The summed E-state index contributed by atoms with van der Waals surface area (Å²) in [4.78, 5) is 4.53. The highest BCUT2D eigenvalue weighted by Gasteiger charge is 1.99. The molecule has 1 aromatic rings. The molecule has 0 aromatic heterocycles. The number of ether oxygens (including phenoxy) is 2. The van der Waals surface area contributed by atoms with Crippen molar-refractivity contribution >= 4 is 5.96 Å². The summed E-state index contributed by atoms with van der Waals surface area (Å²) in [7, 11) is 1.65. The number of alkyl halides is 1. The maximum Gasteiger partial charge on any atom is 0.191 e. The first kappa shape index (κ1) is 19.2. The molecule has 0 unspecified atom stereocenters. The maximum absolute atomic E-state index is 12.2. The van der Waals surface area contributed by atoms with E-state index in [0.29, 0.717) is 25.5 Å². The standard InChI is InChI=1S/C17H28FN3O2/c1-3-23-13-5-12-20-17(19-11-4-10-18)21-14-15-6-8-16(22-2)9-7-15/h6-9H,3-5,10-14H2,1-2H3,(H2,19,20,21). The van der Waals surface area contributed by atoms with Gasteiger partial charge in [-0.3, -0.25) is 4.39 Å². The van der Waals surface area contributed by atoms with Crippen molar-refractivity contribution < 1.29 is 13.9 Å². The lowest BCUT2D eigenvalue weighted by Crippen LogP contribution is -2.38. The molecule has 0 saturated carbocycles. The Hall–Kier alpha value is -1.82. The van der Waals surface area contributed by atoms with Crippen LogP contribution < -0.4 is 15.4 Å². The molecule has 0 saturated heterocycles. The third-order valence-electron chi connectivity index (χ3n) is 3.14. The van der Waals surface area contributed by atoms with Gasteiger partial charge in [0.2, 0.25) is 0 Å². The largest absolute Gasteiger partial charge is 0.497 e. The molecule has 0 fully saturated rings. The van der Waals surface area contributed by atoms with Gasteiger partial charge in [0, 0.05) is 26.3 Å². The Morgan fingerprint density at radius 1 is 1.13 bits per heavy atom. The monoisotopic (exact) mass is 325 g/mol. The quantitative estimate of drug-likeness (QED) is 0.373. The fourth-order valence-corrected chi connectivity index (χ4v) is 1.87. The van der Waals surface area contributed by atoms with Crippen molar-refractivity contribution in [3.8, 4) is 5.75 Å². The van der Waals surface area contributed by atoms with Crippen molar-refractivity contribution in [2.75, 3.05) is 40.1 Å². The van der Waals surface area contributed by atoms with E-state index in [1.165, 1.54) is 0 Å². The molecule has 5 nitrogen and oxygen atoms in total. The zero-order valence-corrected chi connectivity index (χ0v) is 14.1. The van der Waals surface area contributed by atoms with E-state index in [4.69, 9.17) is 9.47 Å². The molecule has 0 atom stereocenters. The summed E-state index contributed by atoms with van der Waals surface area (Å²) >= 11 is 0. The van der Waals surface area contributed by atoms with Crippen LogP contribution in [0.3, 0.4) is 0 Å². The number of nitrogens with one attached hydrogen (secondary N) is 2. The molecule has 0 amide bonds. The van der Waals surface area contributed by atoms with Crippen LogP contribution in [-0.2, 0) is 11.3 Å². The lowest BCUT2D eigenvalue weighted by molar-refractivity contribution is 0.145. The Bertz CT molecular complexity index is 438. The predicted molar refractivity (Wildman–Crippen MR) is 91.8 cm³/mol. The van der Waals surface area contributed by atoms with E-state index in [0.717, 1.165) is 37.5 Å². The number of halogens is 1. The van der Waals surface area contributed by atoms with Gasteiger partial charge in [0.1, 0.15) is 5.75 Å². The smallest absolute Gasteiger partial charge is 0.191 e. The fraction of sp³-hybridized carbons (Fsp3) is 0.588. The zero-order valence-electron chi connectivity index (χ0n) is 14.1. The Morgan fingerprint density at radius 2 is 1.83 bits per heavy atom. The molecule has 2 N–H and O–H groups in total. The highest BCUT2D eigenvalue weighted by molar-refractivity contribution is 5.79.